The summed E-state index contributed by atoms with van der Waals surface area (Å²) >= 11 is 6.13. The third-order valence-electron chi connectivity index (χ3n) is 3.90. The first-order valence-electron chi connectivity index (χ1n) is 7.49. The molecule has 0 bridgehead atoms. The van der Waals surface area contributed by atoms with Crippen molar-refractivity contribution >= 4 is 23.2 Å². The van der Waals surface area contributed by atoms with Gasteiger partial charge in [-0.15, -0.1) is 0 Å². The molecule has 0 atom stereocenters. The number of nitrogens with zero attached hydrogens (tertiary/aromatic N) is 5. The van der Waals surface area contributed by atoms with Crippen LogP contribution in [-0.4, -0.2) is 36.1 Å². The highest BCUT2D eigenvalue weighted by molar-refractivity contribution is 6.32. The van der Waals surface area contributed by atoms with Crippen LogP contribution < -0.4 is 9.80 Å². The number of nitriles is 1. The minimum Gasteiger partial charge on any atom is -0.352 e. The van der Waals surface area contributed by atoms with Crippen LogP contribution in [0.2, 0.25) is 5.02 Å². The van der Waals surface area contributed by atoms with Crippen LogP contribution in [0.4, 0.5) is 24.8 Å². The summed E-state index contributed by atoms with van der Waals surface area (Å²) in [6.45, 7) is 1.85. The summed E-state index contributed by atoms with van der Waals surface area (Å²) in [6, 6.07) is 7.35. The molecule has 0 saturated carbocycles. The number of piperazine rings is 1. The zero-order valence-electron chi connectivity index (χ0n) is 13.0. The smallest absolute Gasteiger partial charge is 0.352 e. The summed E-state index contributed by atoms with van der Waals surface area (Å²) in [4.78, 5) is 11.5. The van der Waals surface area contributed by atoms with Crippen LogP contribution in [-0.2, 0) is 6.18 Å². The van der Waals surface area contributed by atoms with E-state index in [1.54, 1.807) is 23.2 Å². The van der Waals surface area contributed by atoms with Crippen molar-refractivity contribution in [3.63, 3.8) is 0 Å². The number of pyridine rings is 2. The van der Waals surface area contributed by atoms with Crippen LogP contribution in [0.15, 0.2) is 30.5 Å². The van der Waals surface area contributed by atoms with Gasteiger partial charge in [0.25, 0.3) is 0 Å². The molecule has 3 heterocycles. The predicted octanol–water partition coefficient (Wildman–Crippen LogP) is 3.35. The molecule has 1 aliphatic rings. The van der Waals surface area contributed by atoms with Crippen molar-refractivity contribution in [2.24, 2.45) is 0 Å². The van der Waals surface area contributed by atoms with Gasteiger partial charge in [0.2, 0.25) is 0 Å². The maximum atomic E-state index is 12.9. The molecule has 0 spiro atoms. The summed E-state index contributed by atoms with van der Waals surface area (Å²) in [7, 11) is 0. The lowest BCUT2D eigenvalue weighted by Gasteiger charge is -2.36. The Morgan fingerprint density at radius 1 is 1.04 bits per heavy atom. The zero-order chi connectivity index (χ0) is 18.0. The molecule has 0 aliphatic carbocycles. The van der Waals surface area contributed by atoms with Crippen molar-refractivity contribution in [3.05, 3.63) is 46.7 Å². The van der Waals surface area contributed by atoms with E-state index < -0.39 is 11.9 Å². The van der Waals surface area contributed by atoms with E-state index in [0.29, 0.717) is 37.0 Å². The molecule has 1 aliphatic heterocycles. The third-order valence-corrected chi connectivity index (χ3v) is 4.20. The molecule has 0 radical (unpaired) electrons. The number of alkyl halides is 3. The number of rotatable bonds is 2. The van der Waals surface area contributed by atoms with Crippen molar-refractivity contribution in [1.29, 1.82) is 5.26 Å². The second kappa shape index (κ2) is 6.76. The average Bonchev–Trinajstić information content (AvgIpc) is 2.61. The molecule has 1 fully saturated rings. The van der Waals surface area contributed by atoms with Crippen molar-refractivity contribution in [2.75, 3.05) is 36.0 Å². The molecule has 5 nitrogen and oxygen atoms in total. The molecule has 0 amide bonds. The Bertz CT molecular complexity index is 810. The lowest BCUT2D eigenvalue weighted by molar-refractivity contribution is -0.141. The van der Waals surface area contributed by atoms with Crippen molar-refractivity contribution in [2.45, 2.75) is 6.18 Å². The first-order valence-corrected chi connectivity index (χ1v) is 7.86. The Labute approximate surface area is 147 Å². The lowest BCUT2D eigenvalue weighted by atomic mass is 10.2. The Hall–Kier alpha value is -2.53. The van der Waals surface area contributed by atoms with Gasteiger partial charge in [0, 0.05) is 32.4 Å². The molecule has 2 aromatic heterocycles. The third kappa shape index (κ3) is 3.61. The second-order valence-electron chi connectivity index (χ2n) is 5.46. The maximum absolute atomic E-state index is 12.9. The van der Waals surface area contributed by atoms with E-state index in [4.69, 9.17) is 11.6 Å². The standard InChI is InChI=1S/C16H13ClF3N5/c17-12-2-1-5-22-15(12)25-8-6-24(7-9-25)14-11(10-21)3-4-13(23-14)16(18,19)20/h1-5H,6-9H2. The Morgan fingerprint density at radius 2 is 1.68 bits per heavy atom. The normalized spacial score (nSPS) is 15.2. The molecule has 130 valence electrons. The fraction of sp³-hybridized carbons (Fsp3) is 0.312. The summed E-state index contributed by atoms with van der Waals surface area (Å²) in [5.74, 6) is 0.699. The van der Waals surface area contributed by atoms with E-state index in [9.17, 15) is 18.4 Å². The monoisotopic (exact) mass is 367 g/mol. The maximum Gasteiger partial charge on any atom is 0.433 e. The topological polar surface area (TPSA) is 56.1 Å². The van der Waals surface area contributed by atoms with Gasteiger partial charge < -0.3 is 9.80 Å². The van der Waals surface area contributed by atoms with E-state index in [1.165, 1.54) is 0 Å². The average molecular weight is 368 g/mol. The fourth-order valence-electron chi connectivity index (χ4n) is 2.67. The number of hydrogen-bond acceptors (Lipinski definition) is 5. The summed E-state index contributed by atoms with van der Waals surface area (Å²) in [5.41, 5.74) is -0.881. The van der Waals surface area contributed by atoms with Crippen molar-refractivity contribution in [1.82, 2.24) is 9.97 Å². The van der Waals surface area contributed by atoms with Gasteiger partial charge in [-0.05, 0) is 24.3 Å². The van der Waals surface area contributed by atoms with Gasteiger partial charge in [0.05, 0.1) is 10.6 Å². The van der Waals surface area contributed by atoms with Crippen LogP contribution in [0, 0.1) is 11.3 Å². The van der Waals surface area contributed by atoms with E-state index in [2.05, 4.69) is 9.97 Å². The number of anilines is 2. The molecular formula is C16H13ClF3N5. The quantitative estimate of drug-likeness (QED) is 0.814. The summed E-state index contributed by atoms with van der Waals surface area (Å²) < 4.78 is 38.7. The zero-order valence-corrected chi connectivity index (χ0v) is 13.7. The van der Waals surface area contributed by atoms with Gasteiger partial charge in [-0.2, -0.15) is 18.4 Å². The van der Waals surface area contributed by atoms with E-state index in [-0.39, 0.29) is 11.4 Å². The highest BCUT2D eigenvalue weighted by Crippen LogP contribution is 2.31. The molecule has 2 aromatic rings. The molecular weight excluding hydrogens is 355 g/mol. The predicted molar refractivity (Wildman–Crippen MR) is 87.6 cm³/mol. The van der Waals surface area contributed by atoms with E-state index in [0.717, 1.165) is 12.1 Å². The van der Waals surface area contributed by atoms with Crippen molar-refractivity contribution in [3.8, 4) is 6.07 Å². The first-order chi connectivity index (χ1) is 11.9. The first kappa shape index (κ1) is 17.3. The Balaban J connectivity index is 1.81. The van der Waals surface area contributed by atoms with E-state index in [1.807, 2.05) is 11.0 Å². The SMILES string of the molecule is N#Cc1ccc(C(F)(F)F)nc1N1CCN(c2ncccc2Cl)CC1. The van der Waals surface area contributed by atoms with Crippen LogP contribution in [0.5, 0.6) is 0 Å². The van der Waals surface area contributed by atoms with Crippen LogP contribution >= 0.6 is 11.6 Å². The van der Waals surface area contributed by atoms with Crippen LogP contribution in [0.3, 0.4) is 0 Å². The number of hydrogen-bond donors (Lipinski definition) is 0. The van der Waals surface area contributed by atoms with Gasteiger partial charge in [0.1, 0.15) is 23.4 Å². The number of aromatic nitrogens is 2. The van der Waals surface area contributed by atoms with Gasteiger partial charge in [-0.3, -0.25) is 0 Å². The minimum atomic E-state index is -4.55. The second-order valence-corrected chi connectivity index (χ2v) is 5.87. The number of halogens is 4. The molecule has 0 N–H and O–H groups in total. The highest BCUT2D eigenvalue weighted by Gasteiger charge is 2.34. The van der Waals surface area contributed by atoms with Crippen molar-refractivity contribution < 1.29 is 13.2 Å². The highest BCUT2D eigenvalue weighted by atomic mass is 35.5. The van der Waals surface area contributed by atoms with Gasteiger partial charge in [-0.1, -0.05) is 11.6 Å². The fourth-order valence-corrected chi connectivity index (χ4v) is 2.92. The molecule has 0 unspecified atom stereocenters. The summed E-state index contributed by atoms with van der Waals surface area (Å²) in [5, 5.41) is 9.69. The minimum absolute atomic E-state index is 0.0593. The molecule has 9 heteroatoms. The van der Waals surface area contributed by atoms with Crippen LogP contribution in [0.1, 0.15) is 11.3 Å². The molecule has 3 rings (SSSR count). The Kier molecular flexibility index (Phi) is 4.68. The largest absolute Gasteiger partial charge is 0.433 e. The van der Waals surface area contributed by atoms with Crippen LogP contribution in [0.25, 0.3) is 0 Å². The van der Waals surface area contributed by atoms with Gasteiger partial charge >= 0.3 is 6.18 Å². The molecule has 25 heavy (non-hydrogen) atoms. The van der Waals surface area contributed by atoms with E-state index >= 15 is 0 Å². The van der Waals surface area contributed by atoms with Gasteiger partial charge in [-0.25, -0.2) is 9.97 Å². The Morgan fingerprint density at radius 3 is 2.24 bits per heavy atom. The van der Waals surface area contributed by atoms with Gasteiger partial charge in [0.15, 0.2) is 0 Å². The molecule has 0 aromatic carbocycles. The lowest BCUT2D eigenvalue weighted by Crippen LogP contribution is -2.47. The summed E-state index contributed by atoms with van der Waals surface area (Å²) in [6.07, 6.45) is -2.91. The molecule has 1 saturated heterocycles.